The van der Waals surface area contributed by atoms with E-state index in [9.17, 15) is 15.0 Å². The summed E-state index contributed by atoms with van der Waals surface area (Å²) in [4.78, 5) is 11.3. The average Bonchev–Trinajstić information content (AvgIpc) is 3.21. The van der Waals surface area contributed by atoms with E-state index in [4.69, 9.17) is 4.74 Å². The summed E-state index contributed by atoms with van der Waals surface area (Å²) in [6.07, 6.45) is 4.45. The number of carboxylic acid groups (broad SMARTS) is 1. The molecule has 0 atom stereocenters. The molecule has 0 unspecified atom stereocenters. The first kappa shape index (κ1) is 14.4. The van der Waals surface area contributed by atoms with E-state index in [1.807, 2.05) is 19.1 Å². The Labute approximate surface area is 124 Å². The lowest BCUT2D eigenvalue weighted by Gasteiger charge is -2.28. The molecule has 2 N–H and O–H groups in total. The normalized spacial score (nSPS) is 27.1. The van der Waals surface area contributed by atoms with Crippen molar-refractivity contribution in [2.75, 3.05) is 0 Å². The summed E-state index contributed by atoms with van der Waals surface area (Å²) in [5.41, 5.74) is 1.17. The van der Waals surface area contributed by atoms with Crippen molar-refractivity contribution in [3.05, 3.63) is 29.3 Å². The molecule has 0 amide bonds. The first-order valence-corrected chi connectivity index (χ1v) is 7.71. The molecule has 0 spiro atoms. The number of hydrogen-bond donors (Lipinski definition) is 2. The summed E-state index contributed by atoms with van der Waals surface area (Å²) in [5.74, 6) is 0.207. The highest BCUT2D eigenvalue weighted by Crippen LogP contribution is 2.44. The fraction of sp³-hybridized carbons (Fsp3) is 0.588. The number of carboxylic acids is 1. The third-order valence-electron chi connectivity index (χ3n) is 4.70. The van der Waals surface area contributed by atoms with Crippen molar-refractivity contribution in [1.82, 2.24) is 0 Å². The van der Waals surface area contributed by atoms with Crippen molar-refractivity contribution in [3.63, 3.8) is 0 Å². The maximum absolute atomic E-state index is 11.3. The maximum Gasteiger partial charge on any atom is 0.348 e. The van der Waals surface area contributed by atoms with Crippen LogP contribution in [0.1, 0.15) is 55.6 Å². The van der Waals surface area contributed by atoms with Crippen molar-refractivity contribution in [2.45, 2.75) is 63.1 Å². The fourth-order valence-electron chi connectivity index (χ4n) is 3.14. The molecule has 1 aromatic rings. The van der Waals surface area contributed by atoms with Crippen molar-refractivity contribution in [3.8, 4) is 5.75 Å². The molecule has 0 aliphatic heterocycles. The zero-order valence-electron chi connectivity index (χ0n) is 12.3. The number of rotatable bonds is 4. The van der Waals surface area contributed by atoms with E-state index < -0.39 is 11.6 Å². The minimum Gasteiger partial charge on any atom is -0.478 e. The van der Waals surface area contributed by atoms with E-state index in [0.717, 1.165) is 42.6 Å². The lowest BCUT2D eigenvalue weighted by atomic mass is 9.82. The van der Waals surface area contributed by atoms with Gasteiger partial charge in [0.25, 0.3) is 0 Å². The van der Waals surface area contributed by atoms with Gasteiger partial charge in [-0.05, 0) is 55.7 Å². The topological polar surface area (TPSA) is 66.8 Å². The first-order valence-electron chi connectivity index (χ1n) is 7.71. The van der Waals surface area contributed by atoms with E-state index in [-0.39, 0.29) is 6.10 Å². The second-order valence-electron chi connectivity index (χ2n) is 6.45. The second-order valence-corrected chi connectivity index (χ2v) is 6.45. The molecular formula is C17H22O4. The molecule has 2 aliphatic rings. The van der Waals surface area contributed by atoms with Crippen LogP contribution in [0.2, 0.25) is 0 Å². The standard InChI is InChI=1S/C17H22O4/c1-11-2-7-14(12-3-5-13(18)6-4-12)15(10-11)21-17(8-9-17)16(19)20/h2,7,10,12-13,18H,3-6,8-9H2,1H3,(H,19,20)/t12-,13-. The molecule has 2 saturated carbocycles. The van der Waals surface area contributed by atoms with Crippen molar-refractivity contribution in [2.24, 2.45) is 0 Å². The van der Waals surface area contributed by atoms with Gasteiger partial charge in [0.1, 0.15) is 5.75 Å². The molecule has 114 valence electrons. The minimum absolute atomic E-state index is 0.190. The Morgan fingerprint density at radius 2 is 1.90 bits per heavy atom. The van der Waals surface area contributed by atoms with Crippen LogP contribution >= 0.6 is 0 Å². The Kier molecular flexibility index (Phi) is 3.66. The van der Waals surface area contributed by atoms with Gasteiger partial charge < -0.3 is 14.9 Å². The highest BCUT2D eigenvalue weighted by atomic mass is 16.5. The van der Waals surface area contributed by atoms with E-state index in [1.54, 1.807) is 0 Å². The Hall–Kier alpha value is -1.55. The predicted molar refractivity (Wildman–Crippen MR) is 78.6 cm³/mol. The van der Waals surface area contributed by atoms with Gasteiger partial charge in [-0.25, -0.2) is 4.79 Å². The van der Waals surface area contributed by atoms with Gasteiger partial charge in [-0.1, -0.05) is 12.1 Å². The average molecular weight is 290 g/mol. The van der Waals surface area contributed by atoms with Crippen LogP contribution in [0.25, 0.3) is 0 Å². The molecule has 2 fully saturated rings. The molecule has 0 saturated heterocycles. The predicted octanol–water partition coefficient (Wildman–Crippen LogP) is 3.01. The Balaban J connectivity index is 1.85. The van der Waals surface area contributed by atoms with Gasteiger partial charge in [0.2, 0.25) is 5.60 Å². The zero-order chi connectivity index (χ0) is 15.0. The fourth-order valence-corrected chi connectivity index (χ4v) is 3.14. The van der Waals surface area contributed by atoms with Gasteiger partial charge in [-0.15, -0.1) is 0 Å². The number of ether oxygens (including phenoxy) is 1. The lowest BCUT2D eigenvalue weighted by molar-refractivity contribution is -0.147. The Bertz CT molecular complexity index is 540. The highest BCUT2D eigenvalue weighted by molar-refractivity contribution is 5.81. The molecule has 2 aliphatic carbocycles. The molecule has 0 aromatic heterocycles. The second kappa shape index (κ2) is 5.34. The maximum atomic E-state index is 11.3. The molecule has 0 heterocycles. The third-order valence-corrected chi connectivity index (χ3v) is 4.70. The van der Waals surface area contributed by atoms with Crippen molar-refractivity contribution >= 4 is 5.97 Å². The minimum atomic E-state index is -1.00. The monoisotopic (exact) mass is 290 g/mol. The summed E-state index contributed by atoms with van der Waals surface area (Å²) < 4.78 is 5.90. The van der Waals surface area contributed by atoms with Crippen LogP contribution in [-0.2, 0) is 4.79 Å². The van der Waals surface area contributed by atoms with Gasteiger partial charge >= 0.3 is 5.97 Å². The van der Waals surface area contributed by atoms with Crippen LogP contribution < -0.4 is 4.74 Å². The molecule has 4 heteroatoms. The number of hydrogen-bond acceptors (Lipinski definition) is 3. The van der Waals surface area contributed by atoms with Crippen LogP contribution in [0.4, 0.5) is 0 Å². The molecule has 21 heavy (non-hydrogen) atoms. The van der Waals surface area contributed by atoms with Gasteiger partial charge in [-0.2, -0.15) is 0 Å². The number of carbonyl (C=O) groups is 1. The molecule has 1 aromatic carbocycles. The Morgan fingerprint density at radius 1 is 1.24 bits per heavy atom. The van der Waals surface area contributed by atoms with Gasteiger partial charge in [0.05, 0.1) is 6.10 Å². The van der Waals surface area contributed by atoms with Crippen LogP contribution in [0.5, 0.6) is 5.75 Å². The number of aliphatic hydroxyl groups is 1. The Morgan fingerprint density at radius 3 is 2.48 bits per heavy atom. The van der Waals surface area contributed by atoms with Crippen LogP contribution in [-0.4, -0.2) is 27.9 Å². The van der Waals surface area contributed by atoms with E-state index >= 15 is 0 Å². The van der Waals surface area contributed by atoms with Gasteiger partial charge in [0, 0.05) is 12.8 Å². The van der Waals surface area contributed by atoms with Gasteiger partial charge in [0.15, 0.2) is 0 Å². The van der Waals surface area contributed by atoms with Crippen LogP contribution in [0.3, 0.4) is 0 Å². The summed E-state index contributed by atoms with van der Waals surface area (Å²) in [6, 6.07) is 6.06. The van der Waals surface area contributed by atoms with E-state index in [0.29, 0.717) is 18.8 Å². The number of aryl methyl sites for hydroxylation is 1. The summed E-state index contributed by atoms with van der Waals surface area (Å²) in [5, 5.41) is 19.0. The molecular weight excluding hydrogens is 268 g/mol. The largest absolute Gasteiger partial charge is 0.478 e. The van der Waals surface area contributed by atoms with Crippen LogP contribution in [0, 0.1) is 6.92 Å². The quantitative estimate of drug-likeness (QED) is 0.894. The van der Waals surface area contributed by atoms with Crippen LogP contribution in [0.15, 0.2) is 18.2 Å². The summed E-state index contributed by atoms with van der Waals surface area (Å²) >= 11 is 0. The van der Waals surface area contributed by atoms with Gasteiger partial charge in [-0.3, -0.25) is 0 Å². The van der Waals surface area contributed by atoms with Crippen molar-refractivity contribution in [1.29, 1.82) is 0 Å². The molecule has 0 radical (unpaired) electrons. The smallest absolute Gasteiger partial charge is 0.348 e. The third kappa shape index (κ3) is 2.91. The van der Waals surface area contributed by atoms with E-state index in [2.05, 4.69) is 6.07 Å². The summed E-state index contributed by atoms with van der Waals surface area (Å²) in [6.45, 7) is 1.99. The molecule has 3 rings (SSSR count). The van der Waals surface area contributed by atoms with E-state index in [1.165, 1.54) is 0 Å². The number of benzene rings is 1. The first-order chi connectivity index (χ1) is 10.00. The summed E-state index contributed by atoms with van der Waals surface area (Å²) in [7, 11) is 0. The molecule has 4 nitrogen and oxygen atoms in total. The highest BCUT2D eigenvalue weighted by Gasteiger charge is 2.53. The number of aliphatic hydroxyl groups excluding tert-OH is 1. The number of aliphatic carboxylic acids is 1. The van der Waals surface area contributed by atoms with Crippen molar-refractivity contribution < 1.29 is 19.7 Å². The SMILES string of the molecule is Cc1ccc([C@H]2CC[C@H](O)CC2)c(OC2(C(=O)O)CC2)c1. The lowest BCUT2D eigenvalue weighted by Crippen LogP contribution is -2.29. The molecule has 0 bridgehead atoms. The zero-order valence-corrected chi connectivity index (χ0v) is 12.3.